The van der Waals surface area contributed by atoms with Crippen LogP contribution in [0.5, 0.6) is 0 Å². The Labute approximate surface area is 184 Å². The number of aromatic nitrogens is 2. The highest BCUT2D eigenvalue weighted by Crippen LogP contribution is 2.37. The molecule has 1 aromatic heterocycles. The van der Waals surface area contributed by atoms with Crippen molar-refractivity contribution < 1.29 is 14.0 Å². The number of hydrogen-bond donors (Lipinski definition) is 1. The van der Waals surface area contributed by atoms with E-state index in [1.807, 2.05) is 60.0 Å². The second kappa shape index (κ2) is 7.92. The lowest BCUT2D eigenvalue weighted by Crippen LogP contribution is -2.31. The first-order valence-corrected chi connectivity index (χ1v) is 10.4. The summed E-state index contributed by atoms with van der Waals surface area (Å²) in [6, 6.07) is 20.4. The topological polar surface area (TPSA) is 67.2 Å². The van der Waals surface area contributed by atoms with Crippen molar-refractivity contribution in [2.75, 3.05) is 10.2 Å². The minimum atomic E-state index is -0.705. The molecule has 1 N–H and O–H groups in total. The predicted octanol–water partition coefficient (Wildman–Crippen LogP) is 4.60. The number of nitrogens with zero attached hydrogens (tertiary/aromatic N) is 3. The number of hydrogen-bond acceptors (Lipinski definition) is 3. The van der Waals surface area contributed by atoms with Crippen molar-refractivity contribution in [1.29, 1.82) is 0 Å². The second-order valence-electron chi connectivity index (χ2n) is 7.96. The maximum Gasteiger partial charge on any atom is 0.253 e. The quantitative estimate of drug-likeness (QED) is 0.505. The number of amides is 2. The molecule has 160 valence electrons. The van der Waals surface area contributed by atoms with Crippen molar-refractivity contribution in [3.8, 4) is 0 Å². The molecule has 2 amide bonds. The van der Waals surface area contributed by atoms with Crippen LogP contribution in [0.4, 0.5) is 16.0 Å². The van der Waals surface area contributed by atoms with Gasteiger partial charge in [-0.1, -0.05) is 42.0 Å². The fraction of sp³-hybridized carbons (Fsp3) is 0.160. The number of benzene rings is 3. The highest BCUT2D eigenvalue weighted by atomic mass is 19.1. The van der Waals surface area contributed by atoms with Crippen LogP contribution in [0.3, 0.4) is 0 Å². The van der Waals surface area contributed by atoms with E-state index in [4.69, 9.17) is 0 Å². The molecule has 0 spiro atoms. The van der Waals surface area contributed by atoms with Gasteiger partial charge in [0.1, 0.15) is 11.9 Å². The van der Waals surface area contributed by atoms with E-state index in [1.165, 1.54) is 24.3 Å². The fourth-order valence-corrected chi connectivity index (χ4v) is 4.04. The molecule has 0 saturated carbocycles. The van der Waals surface area contributed by atoms with Crippen LogP contribution < -0.4 is 10.2 Å². The molecule has 32 heavy (non-hydrogen) atoms. The lowest BCUT2D eigenvalue weighted by Gasteiger charge is -2.16. The number of anilines is 2. The largest absolute Gasteiger partial charge is 0.326 e. The number of halogens is 1. The molecule has 0 bridgehead atoms. The number of para-hydroxylation sites is 2. The minimum Gasteiger partial charge on any atom is -0.326 e. The van der Waals surface area contributed by atoms with Crippen LogP contribution in [0.1, 0.15) is 23.6 Å². The van der Waals surface area contributed by atoms with Gasteiger partial charge in [-0.3, -0.25) is 19.1 Å². The van der Waals surface area contributed by atoms with Crippen molar-refractivity contribution in [2.24, 2.45) is 0 Å². The Morgan fingerprint density at radius 2 is 1.75 bits per heavy atom. The van der Waals surface area contributed by atoms with Gasteiger partial charge in [0.05, 0.1) is 24.0 Å². The van der Waals surface area contributed by atoms with Gasteiger partial charge in [0.25, 0.3) is 5.91 Å². The van der Waals surface area contributed by atoms with Gasteiger partial charge in [0, 0.05) is 5.69 Å². The Balaban J connectivity index is 1.46. The van der Waals surface area contributed by atoms with Crippen molar-refractivity contribution in [3.05, 3.63) is 89.7 Å². The van der Waals surface area contributed by atoms with Gasteiger partial charge in [-0.15, -0.1) is 0 Å². The molecule has 4 aromatic rings. The number of aryl methyl sites for hydroxylation is 1. The Kier molecular flexibility index (Phi) is 4.93. The molecular formula is C25H21FN4O2. The fourth-order valence-electron chi connectivity index (χ4n) is 4.04. The predicted molar refractivity (Wildman–Crippen MR) is 121 cm³/mol. The highest BCUT2D eigenvalue weighted by Gasteiger charge is 2.40. The van der Waals surface area contributed by atoms with Crippen molar-refractivity contribution in [2.45, 2.75) is 25.9 Å². The van der Waals surface area contributed by atoms with Gasteiger partial charge in [-0.05, 0) is 48.9 Å². The molecule has 0 fully saturated rings. The first kappa shape index (κ1) is 19.9. The number of fused-ring (bicyclic) bond motifs is 3. The van der Waals surface area contributed by atoms with Crippen LogP contribution >= 0.6 is 0 Å². The summed E-state index contributed by atoms with van der Waals surface area (Å²) >= 11 is 0. The monoisotopic (exact) mass is 428 g/mol. The van der Waals surface area contributed by atoms with Crippen molar-refractivity contribution >= 4 is 34.5 Å². The maximum atomic E-state index is 13.4. The second-order valence-corrected chi connectivity index (χ2v) is 7.96. The third-order valence-electron chi connectivity index (χ3n) is 5.65. The molecular weight excluding hydrogens is 407 g/mol. The van der Waals surface area contributed by atoms with Crippen molar-refractivity contribution in [3.63, 3.8) is 0 Å². The molecule has 1 aliphatic heterocycles. The average molecular weight is 428 g/mol. The Morgan fingerprint density at radius 3 is 2.50 bits per heavy atom. The van der Waals surface area contributed by atoms with Gasteiger partial charge in [-0.2, -0.15) is 0 Å². The molecule has 5 rings (SSSR count). The zero-order valence-electron chi connectivity index (χ0n) is 17.5. The summed E-state index contributed by atoms with van der Waals surface area (Å²) in [6.45, 7) is 2.39. The molecule has 1 atom stereocenters. The normalized spacial score (nSPS) is 15.2. The van der Waals surface area contributed by atoms with Crippen LogP contribution in [-0.4, -0.2) is 21.4 Å². The molecule has 1 aliphatic rings. The Morgan fingerprint density at radius 1 is 1.03 bits per heavy atom. The van der Waals surface area contributed by atoms with Crippen LogP contribution in [0, 0.1) is 12.7 Å². The highest BCUT2D eigenvalue weighted by molar-refractivity contribution is 6.05. The average Bonchev–Trinajstić information content (AvgIpc) is 3.27. The lowest BCUT2D eigenvalue weighted by atomic mass is 10.1. The summed E-state index contributed by atoms with van der Waals surface area (Å²) in [5.41, 5.74) is 4.19. The SMILES string of the molecule is Cc1ccc(CN2C(=O)[C@H](CC(=O)Nc3ccc(F)cc3)n3c2nc2ccccc23)cc1. The number of imidazole rings is 1. The first-order chi connectivity index (χ1) is 15.5. The molecule has 0 aliphatic carbocycles. The third kappa shape index (κ3) is 3.62. The number of carbonyl (C=O) groups excluding carboxylic acids is 2. The van der Waals surface area contributed by atoms with E-state index in [-0.39, 0.29) is 24.1 Å². The third-order valence-corrected chi connectivity index (χ3v) is 5.65. The molecule has 0 radical (unpaired) electrons. The summed E-state index contributed by atoms with van der Waals surface area (Å²) in [5.74, 6) is -0.337. The molecule has 0 saturated heterocycles. The van der Waals surface area contributed by atoms with E-state index in [2.05, 4.69) is 10.3 Å². The van der Waals surface area contributed by atoms with Gasteiger partial charge in [0.2, 0.25) is 11.9 Å². The van der Waals surface area contributed by atoms with Crippen LogP contribution in [0.25, 0.3) is 11.0 Å². The van der Waals surface area contributed by atoms with E-state index >= 15 is 0 Å². The summed E-state index contributed by atoms with van der Waals surface area (Å²) < 4.78 is 15.0. The summed E-state index contributed by atoms with van der Waals surface area (Å²) in [5, 5.41) is 2.75. The smallest absolute Gasteiger partial charge is 0.253 e. The molecule has 7 heteroatoms. The van der Waals surface area contributed by atoms with E-state index < -0.39 is 6.04 Å². The first-order valence-electron chi connectivity index (χ1n) is 10.4. The Hall–Kier alpha value is -4.00. The zero-order chi connectivity index (χ0) is 22.2. The van der Waals surface area contributed by atoms with E-state index in [0.717, 1.165) is 22.2 Å². The summed E-state index contributed by atoms with van der Waals surface area (Å²) in [7, 11) is 0. The molecule has 2 heterocycles. The number of rotatable bonds is 5. The lowest BCUT2D eigenvalue weighted by molar-refractivity contribution is -0.124. The van der Waals surface area contributed by atoms with Crippen molar-refractivity contribution in [1.82, 2.24) is 9.55 Å². The van der Waals surface area contributed by atoms with E-state index in [1.54, 1.807) is 4.90 Å². The number of carbonyl (C=O) groups is 2. The van der Waals surface area contributed by atoms with Gasteiger partial charge in [-0.25, -0.2) is 9.37 Å². The summed E-state index contributed by atoms with van der Waals surface area (Å²) in [4.78, 5) is 32.5. The molecule has 0 unspecified atom stereocenters. The van der Waals surface area contributed by atoms with E-state index in [0.29, 0.717) is 18.2 Å². The Bertz CT molecular complexity index is 1310. The summed E-state index contributed by atoms with van der Waals surface area (Å²) in [6.07, 6.45) is -0.0477. The molecule has 6 nitrogen and oxygen atoms in total. The van der Waals surface area contributed by atoms with Crippen LogP contribution in [0.2, 0.25) is 0 Å². The molecule has 3 aromatic carbocycles. The van der Waals surface area contributed by atoms with Crippen LogP contribution in [-0.2, 0) is 16.1 Å². The van der Waals surface area contributed by atoms with Gasteiger partial charge >= 0.3 is 0 Å². The standard InChI is InChI=1S/C25H21FN4O2/c1-16-6-8-17(9-7-16)15-29-24(32)22(14-23(31)27-19-12-10-18(26)11-13-19)30-21-5-3-2-4-20(21)28-25(29)30/h2-13,22H,14-15H2,1H3,(H,27,31)/t22-/m0/s1. The number of nitrogens with one attached hydrogen (secondary N) is 1. The minimum absolute atomic E-state index is 0.0477. The zero-order valence-corrected chi connectivity index (χ0v) is 17.5. The maximum absolute atomic E-state index is 13.4. The van der Waals surface area contributed by atoms with Crippen LogP contribution in [0.15, 0.2) is 72.8 Å². The van der Waals surface area contributed by atoms with Gasteiger partial charge < -0.3 is 5.32 Å². The van der Waals surface area contributed by atoms with Gasteiger partial charge in [0.15, 0.2) is 0 Å². The van der Waals surface area contributed by atoms with E-state index in [9.17, 15) is 14.0 Å².